The van der Waals surface area contributed by atoms with E-state index < -0.39 is 0 Å². The van der Waals surface area contributed by atoms with E-state index in [0.717, 1.165) is 0 Å². The molecule has 3 rings (SSSR count). The Balaban J connectivity index is 1.64. The lowest BCUT2D eigenvalue weighted by Gasteiger charge is -2.34. The van der Waals surface area contributed by atoms with Crippen molar-refractivity contribution in [2.45, 2.75) is 0 Å². The highest BCUT2D eigenvalue weighted by Gasteiger charge is 2.26. The van der Waals surface area contributed by atoms with Crippen molar-refractivity contribution in [1.82, 2.24) is 20.0 Å². The molecule has 0 spiro atoms. The van der Waals surface area contributed by atoms with Crippen molar-refractivity contribution in [1.29, 1.82) is 0 Å². The molecule has 8 heteroatoms. The number of piperazine rings is 1. The summed E-state index contributed by atoms with van der Waals surface area (Å²) in [7, 11) is 0. The zero-order chi connectivity index (χ0) is 17.1. The Morgan fingerprint density at radius 1 is 0.958 bits per heavy atom. The van der Waals surface area contributed by atoms with Crippen LogP contribution in [0.2, 0.25) is 5.02 Å². The van der Waals surface area contributed by atoms with Gasteiger partial charge in [0.2, 0.25) is 0 Å². The van der Waals surface area contributed by atoms with E-state index in [0.29, 0.717) is 36.8 Å². The number of aromatic amines is 1. The molecule has 1 aromatic heterocycles. The second kappa shape index (κ2) is 6.84. The summed E-state index contributed by atoms with van der Waals surface area (Å²) in [4.78, 5) is 39.1. The molecule has 1 fully saturated rings. The van der Waals surface area contributed by atoms with E-state index in [1.165, 1.54) is 12.1 Å². The maximum absolute atomic E-state index is 12.5. The van der Waals surface area contributed by atoms with Crippen LogP contribution in [-0.4, -0.2) is 58.0 Å². The summed E-state index contributed by atoms with van der Waals surface area (Å²) >= 11 is 6.06. The summed E-state index contributed by atoms with van der Waals surface area (Å²) in [5, 5.41) is 6.40. The van der Waals surface area contributed by atoms with Crippen molar-refractivity contribution in [2.75, 3.05) is 26.2 Å². The molecule has 7 nitrogen and oxygen atoms in total. The normalized spacial score (nSPS) is 14.5. The number of rotatable bonds is 2. The van der Waals surface area contributed by atoms with Crippen LogP contribution in [0, 0.1) is 0 Å². The molecule has 1 aliphatic rings. The van der Waals surface area contributed by atoms with Gasteiger partial charge < -0.3 is 9.80 Å². The van der Waals surface area contributed by atoms with Crippen molar-refractivity contribution in [3.8, 4) is 0 Å². The number of hydrogen-bond donors (Lipinski definition) is 1. The molecule has 2 heterocycles. The van der Waals surface area contributed by atoms with E-state index in [9.17, 15) is 14.4 Å². The Labute approximate surface area is 142 Å². The van der Waals surface area contributed by atoms with Crippen molar-refractivity contribution in [3.63, 3.8) is 0 Å². The molecular formula is C16H15ClN4O3. The smallest absolute Gasteiger partial charge is 0.274 e. The number of amides is 2. The number of nitrogens with one attached hydrogen (secondary N) is 1. The van der Waals surface area contributed by atoms with Gasteiger partial charge in [0.25, 0.3) is 17.4 Å². The Morgan fingerprint density at radius 3 is 2.17 bits per heavy atom. The minimum absolute atomic E-state index is 0.144. The minimum atomic E-state index is -0.360. The summed E-state index contributed by atoms with van der Waals surface area (Å²) in [6.07, 6.45) is 0. The van der Waals surface area contributed by atoms with Gasteiger partial charge in [0.15, 0.2) is 0 Å². The number of carbonyl (C=O) groups excluding carboxylic acids is 2. The lowest BCUT2D eigenvalue weighted by Crippen LogP contribution is -2.50. The van der Waals surface area contributed by atoms with Crippen LogP contribution in [0.25, 0.3) is 0 Å². The fourth-order valence-electron chi connectivity index (χ4n) is 2.54. The average molecular weight is 347 g/mol. The molecular weight excluding hydrogens is 332 g/mol. The van der Waals surface area contributed by atoms with Gasteiger partial charge in [-0.25, -0.2) is 5.10 Å². The van der Waals surface area contributed by atoms with Crippen LogP contribution < -0.4 is 5.56 Å². The van der Waals surface area contributed by atoms with Crippen LogP contribution in [0.5, 0.6) is 0 Å². The van der Waals surface area contributed by atoms with Gasteiger partial charge in [-0.05, 0) is 18.2 Å². The van der Waals surface area contributed by atoms with E-state index in [2.05, 4.69) is 10.2 Å². The molecule has 1 aromatic carbocycles. The number of H-pyrrole nitrogens is 1. The number of nitrogens with zero attached hydrogens (tertiary/aromatic N) is 3. The topological polar surface area (TPSA) is 86.4 Å². The third-order valence-corrected chi connectivity index (χ3v) is 4.19. The highest BCUT2D eigenvalue weighted by Crippen LogP contribution is 2.18. The lowest BCUT2D eigenvalue weighted by molar-refractivity contribution is 0.0531. The van der Waals surface area contributed by atoms with Crippen LogP contribution in [-0.2, 0) is 0 Å². The van der Waals surface area contributed by atoms with Crippen LogP contribution in [0.15, 0.2) is 41.2 Å². The largest absolute Gasteiger partial charge is 0.335 e. The van der Waals surface area contributed by atoms with Gasteiger partial charge in [0, 0.05) is 32.2 Å². The Hall–Kier alpha value is -2.67. The van der Waals surface area contributed by atoms with Crippen LogP contribution in [0.1, 0.15) is 20.8 Å². The first kappa shape index (κ1) is 16.2. The van der Waals surface area contributed by atoms with E-state index >= 15 is 0 Å². The number of carbonyl (C=O) groups is 2. The van der Waals surface area contributed by atoms with Gasteiger partial charge in [0.05, 0.1) is 10.6 Å². The van der Waals surface area contributed by atoms with Gasteiger partial charge in [0.1, 0.15) is 5.69 Å². The van der Waals surface area contributed by atoms with Crippen LogP contribution in [0.3, 0.4) is 0 Å². The molecule has 124 valence electrons. The molecule has 24 heavy (non-hydrogen) atoms. The molecule has 1 saturated heterocycles. The summed E-state index contributed by atoms with van der Waals surface area (Å²) < 4.78 is 0. The van der Waals surface area contributed by atoms with E-state index in [-0.39, 0.29) is 23.1 Å². The minimum Gasteiger partial charge on any atom is -0.335 e. The molecule has 0 atom stereocenters. The number of halogens is 1. The van der Waals surface area contributed by atoms with Gasteiger partial charge in [-0.3, -0.25) is 14.4 Å². The van der Waals surface area contributed by atoms with Gasteiger partial charge in [-0.2, -0.15) is 5.10 Å². The summed E-state index contributed by atoms with van der Waals surface area (Å²) in [5.41, 5.74) is 0.281. The lowest BCUT2D eigenvalue weighted by atomic mass is 10.1. The quantitative estimate of drug-likeness (QED) is 0.879. The molecule has 2 aromatic rings. The average Bonchev–Trinajstić information content (AvgIpc) is 2.62. The predicted octanol–water partition coefficient (Wildman–Crippen LogP) is 1.02. The third-order valence-electron chi connectivity index (χ3n) is 3.86. The summed E-state index contributed by atoms with van der Waals surface area (Å²) in [6, 6.07) is 9.55. The third kappa shape index (κ3) is 3.30. The molecule has 0 radical (unpaired) electrons. The fourth-order valence-corrected chi connectivity index (χ4v) is 2.76. The van der Waals surface area contributed by atoms with Crippen molar-refractivity contribution >= 4 is 23.4 Å². The Morgan fingerprint density at radius 2 is 1.58 bits per heavy atom. The van der Waals surface area contributed by atoms with Crippen molar-refractivity contribution in [3.05, 3.63) is 63.0 Å². The molecule has 0 saturated carbocycles. The maximum atomic E-state index is 12.5. The first-order valence-corrected chi connectivity index (χ1v) is 7.83. The van der Waals surface area contributed by atoms with E-state index in [4.69, 9.17) is 11.6 Å². The highest BCUT2D eigenvalue weighted by molar-refractivity contribution is 6.33. The first-order valence-electron chi connectivity index (χ1n) is 7.45. The van der Waals surface area contributed by atoms with Crippen molar-refractivity contribution in [2.24, 2.45) is 0 Å². The van der Waals surface area contributed by atoms with Gasteiger partial charge in [-0.15, -0.1) is 0 Å². The SMILES string of the molecule is O=C(c1ccc(=O)[nH]n1)N1CCN(C(=O)c2ccccc2Cl)CC1. The Kier molecular flexibility index (Phi) is 4.61. The number of hydrogen-bond acceptors (Lipinski definition) is 4. The van der Waals surface area contributed by atoms with Gasteiger partial charge in [-0.1, -0.05) is 23.7 Å². The van der Waals surface area contributed by atoms with Crippen LogP contribution >= 0.6 is 11.6 Å². The predicted molar refractivity (Wildman–Crippen MR) is 88.1 cm³/mol. The summed E-state index contributed by atoms with van der Waals surface area (Å²) in [6.45, 7) is 1.63. The molecule has 1 aliphatic heterocycles. The molecule has 0 bridgehead atoms. The molecule has 2 amide bonds. The van der Waals surface area contributed by atoms with Crippen LogP contribution in [0.4, 0.5) is 0 Å². The second-order valence-electron chi connectivity index (χ2n) is 5.37. The zero-order valence-corrected chi connectivity index (χ0v) is 13.5. The molecule has 0 aliphatic carbocycles. The van der Waals surface area contributed by atoms with Crippen molar-refractivity contribution < 1.29 is 9.59 Å². The van der Waals surface area contributed by atoms with E-state index in [1.807, 2.05) is 0 Å². The maximum Gasteiger partial charge on any atom is 0.274 e. The molecule has 1 N–H and O–H groups in total. The monoisotopic (exact) mass is 346 g/mol. The fraction of sp³-hybridized carbons (Fsp3) is 0.250. The standard InChI is InChI=1S/C16H15ClN4O3/c17-12-4-2-1-3-11(12)15(23)20-7-9-21(10-8-20)16(24)13-5-6-14(22)19-18-13/h1-6H,7-10H2,(H,19,22). The zero-order valence-electron chi connectivity index (χ0n) is 12.7. The van der Waals surface area contributed by atoms with E-state index in [1.54, 1.807) is 34.1 Å². The molecule has 0 unspecified atom stereocenters. The first-order chi connectivity index (χ1) is 11.6. The number of benzene rings is 1. The Bertz CT molecular complexity index is 808. The van der Waals surface area contributed by atoms with Gasteiger partial charge >= 0.3 is 0 Å². The number of aromatic nitrogens is 2. The highest BCUT2D eigenvalue weighted by atomic mass is 35.5. The summed E-state index contributed by atoms with van der Waals surface area (Å²) in [5.74, 6) is -0.411. The second-order valence-corrected chi connectivity index (χ2v) is 5.78.